The van der Waals surface area contributed by atoms with Gasteiger partial charge in [0.15, 0.2) is 0 Å². The summed E-state index contributed by atoms with van der Waals surface area (Å²) in [6, 6.07) is 0. The van der Waals surface area contributed by atoms with Crippen LogP contribution >= 0.6 is 0 Å². The van der Waals surface area contributed by atoms with Crippen molar-refractivity contribution in [1.29, 1.82) is 0 Å². The second-order valence-corrected chi connectivity index (χ2v) is 9.49. The van der Waals surface area contributed by atoms with Crippen LogP contribution in [0.3, 0.4) is 0 Å². The summed E-state index contributed by atoms with van der Waals surface area (Å²) in [6.07, 6.45) is -4.44. The lowest BCUT2D eigenvalue weighted by Crippen LogP contribution is -2.64. The Balaban J connectivity index is 0.000000633. The van der Waals surface area contributed by atoms with Gasteiger partial charge in [-0.05, 0) is 12.7 Å². The Kier molecular flexibility index (Phi) is 9.44. The van der Waals surface area contributed by atoms with Crippen LogP contribution in [0.5, 0.6) is 0 Å². The number of rotatable bonds is 9. The summed E-state index contributed by atoms with van der Waals surface area (Å²) >= 11 is 0. The predicted molar refractivity (Wildman–Crippen MR) is 102 cm³/mol. The molecule has 2 rings (SSSR count). The van der Waals surface area contributed by atoms with Gasteiger partial charge in [0.25, 0.3) is 10.2 Å². The zero-order valence-corrected chi connectivity index (χ0v) is 17.6. The summed E-state index contributed by atoms with van der Waals surface area (Å²) in [5.41, 5.74) is 9.38. The number of carboxylic acid groups (broad SMARTS) is 2. The van der Waals surface area contributed by atoms with Gasteiger partial charge in [0.1, 0.15) is 5.54 Å². The third-order valence-electron chi connectivity index (χ3n) is 4.97. The SMILES string of the molecule is NC1(CNS(=O)(=O)N2C[C@@H](CCCB(O)O)[C@@](N)(C(=O)O)C2)COC1.O=C(O)C(F)(F)F. The number of nitrogens with zero attached hydrogens (tertiary/aromatic N) is 1. The molecule has 32 heavy (non-hydrogen) atoms. The Bertz CT molecular complexity index is 782. The molecule has 9 N–H and O–H groups in total. The normalized spacial score (nSPS) is 25.4. The highest BCUT2D eigenvalue weighted by atomic mass is 32.2. The third kappa shape index (κ3) is 7.80. The first kappa shape index (κ1) is 28.5. The van der Waals surface area contributed by atoms with Crippen molar-refractivity contribution in [2.24, 2.45) is 17.4 Å². The zero-order valence-electron chi connectivity index (χ0n) is 16.8. The standard InChI is InChI=1S/C12H25BN4O7S.C2HF3O2/c14-11(7-24-8-11)5-16-25(22,23)17-4-9(2-1-3-13(20)21)12(15,6-17)10(18)19;3-2(4,5)1(6)7/h9,16,20-21H,1-8,14-15H2,(H,18,19);(H,6,7)/t9-,12-;/m1./s1. The maximum absolute atomic E-state index is 12.4. The predicted octanol–water partition coefficient (Wildman–Crippen LogP) is -2.85. The Labute approximate surface area is 181 Å². The minimum absolute atomic E-state index is 0.0160. The molecule has 2 atom stereocenters. The Morgan fingerprint density at radius 3 is 2.12 bits per heavy atom. The van der Waals surface area contributed by atoms with Gasteiger partial charge in [-0.25, -0.2) is 9.52 Å². The molecule has 0 aromatic carbocycles. The van der Waals surface area contributed by atoms with E-state index in [1.54, 1.807) is 0 Å². The van der Waals surface area contributed by atoms with Gasteiger partial charge in [-0.3, -0.25) is 4.79 Å². The maximum atomic E-state index is 12.4. The van der Waals surface area contributed by atoms with Gasteiger partial charge < -0.3 is 36.5 Å². The first-order chi connectivity index (χ1) is 14.4. The number of carbonyl (C=O) groups is 2. The second kappa shape index (κ2) is 10.6. The van der Waals surface area contributed by atoms with Gasteiger partial charge in [-0.2, -0.15) is 25.9 Å². The van der Waals surface area contributed by atoms with Gasteiger partial charge in [0.05, 0.1) is 18.8 Å². The number of hydrogen-bond acceptors (Lipinski definition) is 9. The molecule has 0 bridgehead atoms. The van der Waals surface area contributed by atoms with E-state index in [1.807, 2.05) is 0 Å². The molecule has 2 fully saturated rings. The molecule has 0 radical (unpaired) electrons. The molecule has 0 spiro atoms. The number of nitrogens with one attached hydrogen (secondary N) is 1. The average molecular weight is 494 g/mol. The molecule has 186 valence electrons. The van der Waals surface area contributed by atoms with E-state index in [0.29, 0.717) is 6.42 Å². The van der Waals surface area contributed by atoms with Crippen molar-refractivity contribution >= 4 is 29.3 Å². The van der Waals surface area contributed by atoms with E-state index < -0.39 is 52.4 Å². The van der Waals surface area contributed by atoms with Crippen molar-refractivity contribution in [2.45, 2.75) is 36.4 Å². The molecule has 0 aliphatic carbocycles. The van der Waals surface area contributed by atoms with Crippen LogP contribution < -0.4 is 16.2 Å². The summed E-state index contributed by atoms with van der Waals surface area (Å²) in [5.74, 6) is -4.69. The van der Waals surface area contributed by atoms with Crippen LogP contribution in [-0.2, 0) is 24.5 Å². The van der Waals surface area contributed by atoms with E-state index in [4.69, 9.17) is 36.2 Å². The van der Waals surface area contributed by atoms with E-state index in [9.17, 15) is 31.5 Å². The highest BCUT2D eigenvalue weighted by Gasteiger charge is 2.52. The number of ether oxygens (including phenoxy) is 1. The van der Waals surface area contributed by atoms with Gasteiger partial charge in [0.2, 0.25) is 0 Å². The summed E-state index contributed by atoms with van der Waals surface area (Å²) in [5, 5.41) is 34.3. The molecular formula is C14H26BF3N4O9S. The maximum Gasteiger partial charge on any atom is 0.490 e. The average Bonchev–Trinajstić information content (AvgIpc) is 2.97. The summed E-state index contributed by atoms with van der Waals surface area (Å²) in [7, 11) is -5.44. The van der Waals surface area contributed by atoms with Gasteiger partial charge in [-0.15, -0.1) is 0 Å². The molecule has 0 aromatic heterocycles. The second-order valence-electron chi connectivity index (χ2n) is 7.73. The molecular weight excluding hydrogens is 468 g/mol. The van der Waals surface area contributed by atoms with Crippen molar-refractivity contribution < 1.29 is 56.2 Å². The van der Waals surface area contributed by atoms with E-state index in [-0.39, 0.29) is 45.6 Å². The number of aliphatic carboxylic acids is 2. The first-order valence-corrected chi connectivity index (χ1v) is 10.7. The van der Waals surface area contributed by atoms with Crippen molar-refractivity contribution in [2.75, 3.05) is 32.8 Å². The van der Waals surface area contributed by atoms with Crippen LogP contribution in [0.25, 0.3) is 0 Å². The molecule has 0 unspecified atom stereocenters. The Morgan fingerprint density at radius 1 is 1.22 bits per heavy atom. The molecule has 2 heterocycles. The van der Waals surface area contributed by atoms with Crippen LogP contribution in [0.1, 0.15) is 12.8 Å². The highest BCUT2D eigenvalue weighted by Crippen LogP contribution is 2.32. The number of carboxylic acids is 2. The van der Waals surface area contributed by atoms with Crippen molar-refractivity contribution in [1.82, 2.24) is 9.03 Å². The molecule has 2 aliphatic heterocycles. The van der Waals surface area contributed by atoms with E-state index >= 15 is 0 Å². The molecule has 18 heteroatoms. The van der Waals surface area contributed by atoms with Gasteiger partial charge in [0, 0.05) is 25.6 Å². The van der Waals surface area contributed by atoms with Crippen LogP contribution in [0.15, 0.2) is 0 Å². The number of halogens is 3. The van der Waals surface area contributed by atoms with Crippen LogP contribution in [-0.4, -0.2) is 102 Å². The zero-order chi connectivity index (χ0) is 25.0. The Hall–Kier alpha value is -1.54. The Morgan fingerprint density at radius 2 is 1.75 bits per heavy atom. The van der Waals surface area contributed by atoms with Crippen molar-refractivity contribution in [3.8, 4) is 0 Å². The lowest BCUT2D eigenvalue weighted by molar-refractivity contribution is -0.192. The fourth-order valence-corrected chi connectivity index (χ4v) is 4.42. The quantitative estimate of drug-likeness (QED) is 0.161. The summed E-state index contributed by atoms with van der Waals surface area (Å²) in [6.45, 7) is 0.0544. The first-order valence-electron chi connectivity index (χ1n) is 9.23. The smallest absolute Gasteiger partial charge is 0.480 e. The molecule has 2 saturated heterocycles. The molecule has 0 aromatic rings. The molecule has 2 aliphatic rings. The summed E-state index contributed by atoms with van der Waals surface area (Å²) < 4.78 is 65.0. The van der Waals surface area contributed by atoms with E-state index in [1.165, 1.54) is 0 Å². The van der Waals surface area contributed by atoms with E-state index in [0.717, 1.165) is 4.31 Å². The lowest BCUT2D eigenvalue weighted by atomic mass is 9.78. The minimum atomic E-state index is -5.08. The van der Waals surface area contributed by atoms with Crippen LogP contribution in [0, 0.1) is 5.92 Å². The molecule has 0 saturated carbocycles. The fourth-order valence-electron chi connectivity index (χ4n) is 3.01. The van der Waals surface area contributed by atoms with Crippen LogP contribution in [0.4, 0.5) is 13.2 Å². The topological polar surface area (TPSA) is 226 Å². The van der Waals surface area contributed by atoms with Crippen molar-refractivity contribution in [3.05, 3.63) is 0 Å². The molecule has 13 nitrogen and oxygen atoms in total. The number of nitrogens with two attached hydrogens (primary N) is 2. The van der Waals surface area contributed by atoms with E-state index in [2.05, 4.69) is 4.72 Å². The number of alkyl halides is 3. The summed E-state index contributed by atoms with van der Waals surface area (Å²) in [4.78, 5) is 20.5. The molecule has 0 amide bonds. The third-order valence-corrected chi connectivity index (χ3v) is 6.44. The minimum Gasteiger partial charge on any atom is -0.480 e. The van der Waals surface area contributed by atoms with Gasteiger partial charge in [-0.1, -0.05) is 6.42 Å². The monoisotopic (exact) mass is 494 g/mol. The lowest BCUT2D eigenvalue weighted by Gasteiger charge is -2.38. The van der Waals surface area contributed by atoms with Crippen LogP contribution in [0.2, 0.25) is 6.32 Å². The van der Waals surface area contributed by atoms with Gasteiger partial charge >= 0.3 is 25.2 Å². The van der Waals surface area contributed by atoms with Crippen molar-refractivity contribution in [3.63, 3.8) is 0 Å². The largest absolute Gasteiger partial charge is 0.490 e. The fraction of sp³-hybridized carbons (Fsp3) is 0.857. The number of hydrogen-bond donors (Lipinski definition) is 7. The highest BCUT2D eigenvalue weighted by molar-refractivity contribution is 7.87.